The molecule has 1 atom stereocenters. The maximum atomic E-state index is 4.49. The van der Waals surface area contributed by atoms with Crippen LogP contribution in [0.1, 0.15) is 49.0 Å². The average Bonchev–Trinajstić information content (AvgIpc) is 2.84. The summed E-state index contributed by atoms with van der Waals surface area (Å²) in [5.41, 5.74) is 3.18. The summed E-state index contributed by atoms with van der Waals surface area (Å²) in [6.07, 6.45) is 2.02. The molecule has 0 fully saturated rings. The quantitative estimate of drug-likeness (QED) is 0.923. The number of rotatable bonds is 4. The Morgan fingerprint density at radius 1 is 1.33 bits per heavy atom. The van der Waals surface area contributed by atoms with Gasteiger partial charge in [0.15, 0.2) is 0 Å². The molecule has 2 rings (SSSR count). The number of nitrogens with zero attached hydrogens (tertiary/aromatic N) is 4. The van der Waals surface area contributed by atoms with Gasteiger partial charge >= 0.3 is 0 Å². The Labute approximate surface area is 111 Å². The van der Waals surface area contributed by atoms with Gasteiger partial charge in [-0.3, -0.25) is 4.68 Å². The van der Waals surface area contributed by atoms with Crippen molar-refractivity contribution in [3.05, 3.63) is 22.5 Å². The first-order valence-electron chi connectivity index (χ1n) is 6.08. The van der Waals surface area contributed by atoms with Crippen molar-refractivity contribution in [2.24, 2.45) is 7.05 Å². The van der Waals surface area contributed by atoms with E-state index in [0.717, 1.165) is 17.1 Å². The lowest BCUT2D eigenvalue weighted by Crippen LogP contribution is -2.07. The van der Waals surface area contributed by atoms with Crippen LogP contribution >= 0.6 is 11.5 Å². The van der Waals surface area contributed by atoms with E-state index in [1.807, 2.05) is 24.9 Å². The number of hydrogen-bond acceptors (Lipinski definition) is 5. The van der Waals surface area contributed by atoms with Crippen LogP contribution in [-0.2, 0) is 7.05 Å². The SMILES string of the molecule is Cc1nnsc1C(C)Nc1cn(C)nc1C(C)C. The fourth-order valence-corrected chi connectivity index (χ4v) is 2.62. The second-order valence-corrected chi connectivity index (χ2v) is 5.63. The Kier molecular flexibility index (Phi) is 3.65. The normalized spacial score (nSPS) is 13.0. The molecule has 0 radical (unpaired) electrons. The zero-order chi connectivity index (χ0) is 13.3. The highest BCUT2D eigenvalue weighted by Gasteiger charge is 2.17. The van der Waals surface area contributed by atoms with Gasteiger partial charge in [-0.25, -0.2) is 0 Å². The van der Waals surface area contributed by atoms with E-state index in [9.17, 15) is 0 Å². The molecule has 0 aromatic carbocycles. The van der Waals surface area contributed by atoms with E-state index in [1.165, 1.54) is 16.4 Å². The number of aryl methyl sites for hydroxylation is 2. The molecule has 2 aromatic rings. The van der Waals surface area contributed by atoms with Crippen molar-refractivity contribution in [3.8, 4) is 0 Å². The zero-order valence-corrected chi connectivity index (χ0v) is 12.2. The van der Waals surface area contributed by atoms with Gasteiger partial charge in [0.05, 0.1) is 28.0 Å². The topological polar surface area (TPSA) is 55.6 Å². The predicted molar refractivity (Wildman–Crippen MR) is 74.0 cm³/mol. The molecule has 2 heterocycles. The fraction of sp³-hybridized carbons (Fsp3) is 0.583. The molecule has 2 aromatic heterocycles. The van der Waals surface area contributed by atoms with Crippen molar-refractivity contribution in [2.45, 2.75) is 39.7 Å². The first-order chi connectivity index (χ1) is 8.49. The molecule has 18 heavy (non-hydrogen) atoms. The van der Waals surface area contributed by atoms with Crippen molar-refractivity contribution in [3.63, 3.8) is 0 Å². The Hall–Kier alpha value is -1.43. The Morgan fingerprint density at radius 3 is 2.61 bits per heavy atom. The van der Waals surface area contributed by atoms with Gasteiger partial charge in [0.1, 0.15) is 0 Å². The van der Waals surface area contributed by atoms with Crippen LogP contribution in [0.2, 0.25) is 0 Å². The maximum absolute atomic E-state index is 4.49. The third kappa shape index (κ3) is 2.53. The van der Waals surface area contributed by atoms with E-state index in [0.29, 0.717) is 5.92 Å². The molecular formula is C12H19N5S. The minimum absolute atomic E-state index is 0.201. The van der Waals surface area contributed by atoms with Crippen LogP contribution in [-0.4, -0.2) is 19.4 Å². The minimum atomic E-state index is 0.201. The summed E-state index contributed by atoms with van der Waals surface area (Å²) >= 11 is 1.45. The lowest BCUT2D eigenvalue weighted by Gasteiger charge is -2.14. The molecule has 6 heteroatoms. The Balaban J connectivity index is 2.21. The van der Waals surface area contributed by atoms with Gasteiger partial charge in [0.2, 0.25) is 0 Å². The molecule has 0 aliphatic carbocycles. The van der Waals surface area contributed by atoms with E-state index in [1.54, 1.807) is 0 Å². The highest BCUT2D eigenvalue weighted by Crippen LogP contribution is 2.28. The lowest BCUT2D eigenvalue weighted by molar-refractivity contribution is 0.713. The van der Waals surface area contributed by atoms with Crippen LogP contribution in [0.25, 0.3) is 0 Å². The number of anilines is 1. The van der Waals surface area contributed by atoms with Crippen LogP contribution in [0, 0.1) is 6.92 Å². The van der Waals surface area contributed by atoms with E-state index in [2.05, 4.69) is 40.8 Å². The Morgan fingerprint density at radius 2 is 2.06 bits per heavy atom. The Bertz CT molecular complexity index is 528. The second-order valence-electron chi connectivity index (χ2n) is 4.85. The highest BCUT2D eigenvalue weighted by molar-refractivity contribution is 7.05. The van der Waals surface area contributed by atoms with E-state index < -0.39 is 0 Å². The molecule has 0 spiro atoms. The summed E-state index contributed by atoms with van der Waals surface area (Å²) in [5, 5.41) is 12.0. The third-order valence-electron chi connectivity index (χ3n) is 2.86. The first-order valence-corrected chi connectivity index (χ1v) is 6.85. The van der Waals surface area contributed by atoms with Crippen LogP contribution in [0.4, 0.5) is 5.69 Å². The van der Waals surface area contributed by atoms with Crippen LogP contribution in [0.15, 0.2) is 6.20 Å². The monoisotopic (exact) mass is 265 g/mol. The summed E-state index contributed by atoms with van der Waals surface area (Å²) in [7, 11) is 1.95. The van der Waals surface area contributed by atoms with Crippen LogP contribution in [0.5, 0.6) is 0 Å². The van der Waals surface area contributed by atoms with Gasteiger partial charge in [-0.2, -0.15) is 5.10 Å². The lowest BCUT2D eigenvalue weighted by atomic mass is 10.1. The van der Waals surface area contributed by atoms with Gasteiger partial charge in [-0.05, 0) is 31.3 Å². The average molecular weight is 265 g/mol. The predicted octanol–water partition coefficient (Wildman–Crippen LogP) is 2.88. The summed E-state index contributed by atoms with van der Waals surface area (Å²) in [4.78, 5) is 1.17. The smallest absolute Gasteiger partial charge is 0.0881 e. The first kappa shape index (κ1) is 13.0. The van der Waals surface area contributed by atoms with Gasteiger partial charge < -0.3 is 5.32 Å². The maximum Gasteiger partial charge on any atom is 0.0881 e. The molecule has 0 saturated carbocycles. The molecule has 1 N–H and O–H groups in total. The molecule has 5 nitrogen and oxygen atoms in total. The summed E-state index contributed by atoms with van der Waals surface area (Å²) in [6.45, 7) is 8.41. The molecule has 0 saturated heterocycles. The number of aromatic nitrogens is 4. The summed E-state index contributed by atoms with van der Waals surface area (Å²) < 4.78 is 5.83. The summed E-state index contributed by atoms with van der Waals surface area (Å²) in [6, 6.07) is 0.201. The van der Waals surface area contributed by atoms with Crippen LogP contribution in [0.3, 0.4) is 0 Å². The van der Waals surface area contributed by atoms with Crippen molar-refractivity contribution in [1.29, 1.82) is 0 Å². The van der Waals surface area contributed by atoms with Crippen molar-refractivity contribution >= 4 is 17.2 Å². The van der Waals surface area contributed by atoms with Gasteiger partial charge in [-0.15, -0.1) is 5.10 Å². The second kappa shape index (κ2) is 5.06. The standard InChI is InChI=1S/C12H19N5S/c1-7(2)11-10(6-17(5)15-11)13-8(3)12-9(4)14-16-18-12/h6-8,13H,1-5H3. The molecule has 0 amide bonds. The third-order valence-corrected chi connectivity index (χ3v) is 3.87. The molecule has 98 valence electrons. The van der Waals surface area contributed by atoms with Crippen LogP contribution < -0.4 is 5.32 Å². The molecule has 0 aliphatic rings. The van der Waals surface area contributed by atoms with E-state index in [-0.39, 0.29) is 6.04 Å². The van der Waals surface area contributed by atoms with E-state index in [4.69, 9.17) is 0 Å². The van der Waals surface area contributed by atoms with Crippen molar-refractivity contribution in [1.82, 2.24) is 19.4 Å². The number of nitrogens with one attached hydrogen (secondary N) is 1. The van der Waals surface area contributed by atoms with Gasteiger partial charge in [0.25, 0.3) is 0 Å². The molecular weight excluding hydrogens is 246 g/mol. The fourth-order valence-electron chi connectivity index (χ4n) is 1.98. The van der Waals surface area contributed by atoms with Crippen molar-refractivity contribution < 1.29 is 0 Å². The summed E-state index contributed by atoms with van der Waals surface area (Å²) in [5.74, 6) is 0.404. The zero-order valence-electron chi connectivity index (χ0n) is 11.4. The van der Waals surface area contributed by atoms with Gasteiger partial charge in [-0.1, -0.05) is 18.3 Å². The molecule has 0 bridgehead atoms. The highest BCUT2D eigenvalue weighted by atomic mass is 32.1. The largest absolute Gasteiger partial charge is 0.375 e. The molecule has 0 aliphatic heterocycles. The van der Waals surface area contributed by atoms with Gasteiger partial charge in [0, 0.05) is 13.2 Å². The molecule has 1 unspecified atom stereocenters. The van der Waals surface area contributed by atoms with Crippen molar-refractivity contribution in [2.75, 3.05) is 5.32 Å². The van der Waals surface area contributed by atoms with E-state index >= 15 is 0 Å². The minimum Gasteiger partial charge on any atom is -0.375 e. The number of hydrogen-bond donors (Lipinski definition) is 1.